The second kappa shape index (κ2) is 10.5. The van der Waals surface area contributed by atoms with Gasteiger partial charge in [0.05, 0.1) is 31.0 Å². The third-order valence-corrected chi connectivity index (χ3v) is 11.4. The minimum atomic E-state index is -2.10. The zero-order chi connectivity index (χ0) is 30.8. The fourth-order valence-corrected chi connectivity index (χ4v) is 9.51. The molecule has 8 atom stereocenters. The number of halogens is 2. The molecule has 0 aliphatic heterocycles. The van der Waals surface area contributed by atoms with Gasteiger partial charge in [-0.3, -0.25) is 9.59 Å². The summed E-state index contributed by atoms with van der Waals surface area (Å²) in [6.45, 7) is 5.32. The fraction of sp³-hybridized carbons (Fsp3) is 0.485. The van der Waals surface area contributed by atoms with Crippen LogP contribution in [0.15, 0.2) is 70.9 Å². The highest BCUT2D eigenvalue weighted by Crippen LogP contribution is 2.71. The van der Waals surface area contributed by atoms with Crippen LogP contribution in [0.1, 0.15) is 62.6 Å². The Morgan fingerprint density at radius 3 is 2.60 bits per heavy atom. The molecule has 6 rings (SSSR count). The van der Waals surface area contributed by atoms with Gasteiger partial charge in [-0.15, -0.1) is 0 Å². The number of aliphatic hydroxyl groups is 1. The van der Waals surface area contributed by atoms with E-state index in [1.807, 2.05) is 0 Å². The maximum absolute atomic E-state index is 17.6. The van der Waals surface area contributed by atoms with Gasteiger partial charge >= 0.3 is 5.97 Å². The summed E-state index contributed by atoms with van der Waals surface area (Å²) in [5, 5.41) is 11.2. The maximum atomic E-state index is 17.6. The summed E-state index contributed by atoms with van der Waals surface area (Å²) in [5.41, 5.74) is -4.95. The molecule has 3 saturated carbocycles. The van der Waals surface area contributed by atoms with E-state index >= 15 is 4.39 Å². The number of allylic oxidation sites excluding steroid dienone is 4. The van der Waals surface area contributed by atoms with Gasteiger partial charge in [0.1, 0.15) is 5.82 Å². The van der Waals surface area contributed by atoms with Gasteiger partial charge in [0.15, 0.2) is 17.1 Å². The molecule has 0 bridgehead atoms. The second-order valence-electron chi connectivity index (χ2n) is 12.8. The lowest BCUT2D eigenvalue weighted by atomic mass is 9.45. The molecule has 3 fully saturated rings. The van der Waals surface area contributed by atoms with Crippen LogP contribution in [0.4, 0.5) is 8.78 Å². The van der Waals surface area contributed by atoms with E-state index in [0.717, 1.165) is 0 Å². The molecule has 43 heavy (non-hydrogen) atoms. The van der Waals surface area contributed by atoms with Crippen molar-refractivity contribution in [2.75, 3.05) is 0 Å². The third kappa shape index (κ3) is 4.31. The zero-order valence-electron chi connectivity index (χ0n) is 24.2. The van der Waals surface area contributed by atoms with Crippen molar-refractivity contribution in [2.45, 2.75) is 70.4 Å². The maximum Gasteiger partial charge on any atom is 0.375 e. The number of ketones is 1. The first-order valence-corrected chi connectivity index (χ1v) is 15.3. The lowest BCUT2D eigenvalue weighted by Gasteiger charge is -2.62. The van der Waals surface area contributed by atoms with E-state index in [4.69, 9.17) is 13.3 Å². The Hall–Kier alpha value is -3.08. The van der Waals surface area contributed by atoms with Gasteiger partial charge in [-0.25, -0.2) is 13.6 Å². The summed E-state index contributed by atoms with van der Waals surface area (Å²) >= 11 is 0.543. The Kier molecular flexibility index (Phi) is 7.34. The molecule has 228 valence electrons. The van der Waals surface area contributed by atoms with Gasteiger partial charge in [0.25, 0.3) is 5.12 Å². The number of hydrogen-bond acceptors (Lipinski definition) is 8. The minimum Gasteiger partial charge on any atom is -0.457 e. The molecule has 0 amide bonds. The van der Waals surface area contributed by atoms with Crippen LogP contribution in [0.5, 0.6) is 0 Å². The predicted octanol–water partition coefficient (Wildman–Crippen LogP) is 6.32. The second-order valence-corrected chi connectivity index (χ2v) is 13.5. The van der Waals surface area contributed by atoms with Crippen molar-refractivity contribution >= 4 is 28.9 Å². The smallest absolute Gasteiger partial charge is 0.375 e. The summed E-state index contributed by atoms with van der Waals surface area (Å²) in [6, 6.07) is 8.63. The van der Waals surface area contributed by atoms with E-state index in [-0.39, 0.29) is 24.6 Å². The number of fused-ring (bicyclic) bond motifs is 5. The quantitative estimate of drug-likeness (QED) is 0.299. The van der Waals surface area contributed by atoms with Gasteiger partial charge < -0.3 is 18.4 Å². The lowest BCUT2D eigenvalue weighted by Crippen LogP contribution is -2.69. The van der Waals surface area contributed by atoms with Crippen LogP contribution in [0.2, 0.25) is 0 Å². The van der Waals surface area contributed by atoms with Crippen molar-refractivity contribution in [1.82, 2.24) is 0 Å². The summed E-state index contributed by atoms with van der Waals surface area (Å²) < 4.78 is 48.2. The van der Waals surface area contributed by atoms with Gasteiger partial charge in [0, 0.05) is 22.7 Å². The van der Waals surface area contributed by atoms with Gasteiger partial charge in [-0.2, -0.15) is 0 Å². The molecule has 0 radical (unpaired) electrons. The molecular weight excluding hydrogens is 578 g/mol. The third-order valence-electron chi connectivity index (χ3n) is 10.7. The molecule has 0 spiro atoms. The molecule has 1 N–H and O–H groups in total. The molecule has 7 nitrogen and oxygen atoms in total. The number of benzene rings is 1. The number of aliphatic hydroxyl groups excluding tert-OH is 1. The highest BCUT2D eigenvalue weighted by molar-refractivity contribution is 8.09. The van der Waals surface area contributed by atoms with Crippen molar-refractivity contribution in [3.8, 4) is 0 Å². The SMILES string of the molecule is C[C@@H]1CC2C3CCC4=CC(=O)C=C[C@]4(C)[C@@]3(F)[C@@H](O)C[C@]2(C)[C@@]1(OC(=O)c1ccco1)C(=O)SOCc1ccc(F)cc1. The van der Waals surface area contributed by atoms with Crippen LogP contribution in [0.25, 0.3) is 0 Å². The lowest BCUT2D eigenvalue weighted by molar-refractivity contribution is -0.216. The number of carbonyl (C=O) groups excluding carboxylic acids is 3. The number of esters is 1. The van der Waals surface area contributed by atoms with Crippen LogP contribution in [-0.4, -0.2) is 39.3 Å². The summed E-state index contributed by atoms with van der Waals surface area (Å²) in [5.74, 6) is -3.20. The van der Waals surface area contributed by atoms with Crippen LogP contribution >= 0.6 is 12.0 Å². The summed E-state index contributed by atoms with van der Waals surface area (Å²) in [6.07, 6.45) is 5.27. The molecule has 10 heteroatoms. The zero-order valence-corrected chi connectivity index (χ0v) is 25.0. The standard InChI is InChI=1S/C33H34F2O7S/c1-19-15-25-24-11-8-21-16-23(36)12-13-30(21,2)32(24,35)27(37)17-31(25,3)33(19,42-28(38)26-5-4-14-40-26)29(39)43-41-18-20-6-9-22(34)10-7-20/h4-7,9-10,12-14,16,19,24-25,27,37H,8,11,15,17-18H2,1-3H3/t19-,24?,25?,27+,30+,31+,32+,33+/m1/s1. The molecule has 4 aliphatic rings. The van der Waals surface area contributed by atoms with E-state index in [9.17, 15) is 23.9 Å². The highest BCUT2D eigenvalue weighted by Gasteiger charge is 2.77. The number of furan rings is 1. The normalized spacial score (nSPS) is 38.1. The van der Waals surface area contributed by atoms with Crippen molar-refractivity contribution < 1.29 is 41.6 Å². The molecule has 1 aromatic carbocycles. The van der Waals surface area contributed by atoms with Crippen molar-refractivity contribution in [3.05, 3.63) is 83.6 Å². The number of hydrogen-bond donors (Lipinski definition) is 1. The average molecular weight is 613 g/mol. The van der Waals surface area contributed by atoms with Crippen LogP contribution < -0.4 is 0 Å². The van der Waals surface area contributed by atoms with Gasteiger partial charge in [-0.05, 0) is 80.5 Å². The largest absolute Gasteiger partial charge is 0.457 e. The fourth-order valence-electron chi connectivity index (χ4n) is 8.61. The first kappa shape index (κ1) is 30.0. The van der Waals surface area contributed by atoms with Crippen LogP contribution in [0, 0.1) is 34.4 Å². The van der Waals surface area contributed by atoms with E-state index in [1.54, 1.807) is 39.0 Å². The Balaban J connectivity index is 1.37. The first-order valence-electron chi connectivity index (χ1n) is 14.5. The van der Waals surface area contributed by atoms with Crippen molar-refractivity contribution in [3.63, 3.8) is 0 Å². The Morgan fingerprint density at radius 1 is 1.16 bits per heavy atom. The van der Waals surface area contributed by atoms with Gasteiger partial charge in [-0.1, -0.05) is 37.6 Å². The summed E-state index contributed by atoms with van der Waals surface area (Å²) in [7, 11) is 0. The molecular formula is C33H34F2O7S. The van der Waals surface area contributed by atoms with E-state index < -0.39 is 62.9 Å². The summed E-state index contributed by atoms with van der Waals surface area (Å²) in [4.78, 5) is 39.9. The van der Waals surface area contributed by atoms with E-state index in [2.05, 4.69) is 0 Å². The van der Waals surface area contributed by atoms with E-state index in [1.165, 1.54) is 42.7 Å². The number of ether oxygens (including phenoxy) is 1. The highest BCUT2D eigenvalue weighted by atomic mass is 32.2. The predicted molar refractivity (Wildman–Crippen MR) is 154 cm³/mol. The number of alkyl halides is 1. The van der Waals surface area contributed by atoms with E-state index in [0.29, 0.717) is 42.4 Å². The van der Waals surface area contributed by atoms with Crippen LogP contribution in [0.3, 0.4) is 0 Å². The topological polar surface area (TPSA) is 103 Å². The average Bonchev–Trinajstić information content (AvgIpc) is 3.58. The Labute approximate surface area is 252 Å². The Bertz CT molecular complexity index is 1500. The molecule has 4 aliphatic carbocycles. The van der Waals surface area contributed by atoms with Crippen molar-refractivity contribution in [1.29, 1.82) is 0 Å². The molecule has 1 heterocycles. The molecule has 2 unspecified atom stereocenters. The number of carbonyl (C=O) groups is 3. The molecule has 1 aromatic heterocycles. The van der Waals surface area contributed by atoms with Gasteiger partial charge in [0.2, 0.25) is 5.76 Å². The Morgan fingerprint density at radius 2 is 1.91 bits per heavy atom. The van der Waals surface area contributed by atoms with Crippen molar-refractivity contribution in [2.24, 2.45) is 28.6 Å². The van der Waals surface area contributed by atoms with Crippen LogP contribution in [-0.2, 0) is 25.1 Å². The minimum absolute atomic E-state index is 0.00914. The molecule has 2 aromatic rings. The monoisotopic (exact) mass is 612 g/mol. The number of rotatable bonds is 6. The first-order chi connectivity index (χ1) is 20.4. The molecule has 0 saturated heterocycles.